The van der Waals surface area contributed by atoms with E-state index in [9.17, 15) is 4.79 Å². The molecule has 4 rings (SSSR count). The smallest absolute Gasteiger partial charge is 0.239 e. The van der Waals surface area contributed by atoms with E-state index in [0.29, 0.717) is 35.4 Å². The van der Waals surface area contributed by atoms with Crippen LogP contribution in [0, 0.1) is 0 Å². The fourth-order valence-electron chi connectivity index (χ4n) is 3.66. The molecule has 184 valence electrons. The van der Waals surface area contributed by atoms with Crippen molar-refractivity contribution in [2.75, 3.05) is 32.6 Å². The SMILES string of the molecule is COc1ccc(CCNC(=O)CNc2nc(-c3ccccc3)cc(-c3ccc(Cl)cc3)n2)cc1OC. The number of halogens is 1. The highest BCUT2D eigenvalue weighted by Gasteiger charge is 2.11. The molecule has 1 amide bonds. The first-order chi connectivity index (χ1) is 17.6. The lowest BCUT2D eigenvalue weighted by atomic mass is 10.1. The summed E-state index contributed by atoms with van der Waals surface area (Å²) in [4.78, 5) is 21.7. The van der Waals surface area contributed by atoms with Gasteiger partial charge in [0.2, 0.25) is 11.9 Å². The van der Waals surface area contributed by atoms with E-state index in [4.69, 9.17) is 21.1 Å². The summed E-state index contributed by atoms with van der Waals surface area (Å²) in [6.07, 6.45) is 0.660. The molecule has 0 fully saturated rings. The number of methoxy groups -OCH3 is 2. The van der Waals surface area contributed by atoms with Gasteiger partial charge in [-0.1, -0.05) is 60.1 Å². The summed E-state index contributed by atoms with van der Waals surface area (Å²) in [5, 5.41) is 6.64. The Labute approximate surface area is 215 Å². The minimum atomic E-state index is -0.155. The third-order valence-corrected chi connectivity index (χ3v) is 5.78. The molecule has 8 heteroatoms. The van der Waals surface area contributed by atoms with E-state index in [1.54, 1.807) is 14.2 Å². The maximum atomic E-state index is 12.5. The Morgan fingerprint density at radius 2 is 1.50 bits per heavy atom. The summed E-state index contributed by atoms with van der Waals surface area (Å²) in [5.41, 5.74) is 4.38. The number of carbonyl (C=O) groups excluding carboxylic acids is 1. The average Bonchev–Trinajstić information content (AvgIpc) is 2.92. The summed E-state index contributed by atoms with van der Waals surface area (Å²) < 4.78 is 10.6. The van der Waals surface area contributed by atoms with Crippen LogP contribution in [0.5, 0.6) is 11.5 Å². The van der Waals surface area contributed by atoms with Crippen LogP contribution in [0.4, 0.5) is 5.95 Å². The number of aromatic nitrogens is 2. The number of carbonyl (C=O) groups is 1. The molecule has 0 aliphatic rings. The van der Waals surface area contributed by atoms with Crippen molar-refractivity contribution in [3.05, 3.63) is 89.4 Å². The summed E-state index contributed by atoms with van der Waals surface area (Å²) in [7, 11) is 3.20. The first-order valence-corrected chi connectivity index (χ1v) is 11.9. The van der Waals surface area contributed by atoms with Crippen LogP contribution in [0.3, 0.4) is 0 Å². The van der Waals surface area contributed by atoms with Gasteiger partial charge >= 0.3 is 0 Å². The lowest BCUT2D eigenvalue weighted by Crippen LogP contribution is -2.31. The molecule has 2 N–H and O–H groups in total. The summed E-state index contributed by atoms with van der Waals surface area (Å²) in [5.74, 6) is 1.55. The molecule has 36 heavy (non-hydrogen) atoms. The highest BCUT2D eigenvalue weighted by Crippen LogP contribution is 2.28. The number of benzene rings is 3. The van der Waals surface area contributed by atoms with Crippen molar-refractivity contribution in [3.8, 4) is 34.0 Å². The van der Waals surface area contributed by atoms with Crippen LogP contribution in [0.15, 0.2) is 78.9 Å². The molecule has 7 nitrogen and oxygen atoms in total. The monoisotopic (exact) mass is 502 g/mol. The van der Waals surface area contributed by atoms with Crippen LogP contribution in [-0.4, -0.2) is 43.2 Å². The van der Waals surface area contributed by atoms with Gasteiger partial charge in [-0.25, -0.2) is 9.97 Å². The molecule has 0 radical (unpaired) electrons. The highest BCUT2D eigenvalue weighted by atomic mass is 35.5. The van der Waals surface area contributed by atoms with E-state index in [1.807, 2.05) is 78.9 Å². The Bertz CT molecular complexity index is 1310. The van der Waals surface area contributed by atoms with Gasteiger partial charge in [-0.05, 0) is 42.3 Å². The van der Waals surface area contributed by atoms with E-state index in [1.165, 1.54) is 0 Å². The molecule has 0 atom stereocenters. The number of anilines is 1. The second kappa shape index (κ2) is 12.0. The molecule has 0 spiro atoms. The fraction of sp³-hybridized carbons (Fsp3) is 0.179. The Morgan fingerprint density at radius 1 is 0.833 bits per heavy atom. The van der Waals surface area contributed by atoms with Gasteiger partial charge in [0.05, 0.1) is 32.2 Å². The average molecular weight is 503 g/mol. The molecule has 0 saturated carbocycles. The Hall–Kier alpha value is -4.10. The Balaban J connectivity index is 1.41. The second-order valence-corrected chi connectivity index (χ2v) is 8.41. The van der Waals surface area contributed by atoms with Gasteiger partial charge in [-0.3, -0.25) is 4.79 Å². The van der Waals surface area contributed by atoms with Crippen molar-refractivity contribution in [1.82, 2.24) is 15.3 Å². The summed E-state index contributed by atoms with van der Waals surface area (Å²) >= 11 is 6.05. The zero-order valence-corrected chi connectivity index (χ0v) is 20.9. The Morgan fingerprint density at radius 3 is 2.17 bits per heavy atom. The van der Waals surface area contributed by atoms with Crippen molar-refractivity contribution in [1.29, 1.82) is 0 Å². The zero-order valence-electron chi connectivity index (χ0n) is 20.1. The van der Waals surface area contributed by atoms with Crippen LogP contribution in [-0.2, 0) is 11.2 Å². The van der Waals surface area contributed by atoms with Gasteiger partial charge in [-0.15, -0.1) is 0 Å². The Kier molecular flexibility index (Phi) is 8.36. The van der Waals surface area contributed by atoms with E-state index >= 15 is 0 Å². The van der Waals surface area contributed by atoms with E-state index < -0.39 is 0 Å². The molecule has 0 bridgehead atoms. The van der Waals surface area contributed by atoms with E-state index in [2.05, 4.69) is 20.6 Å². The molecule has 1 heterocycles. The van der Waals surface area contributed by atoms with Crippen LogP contribution < -0.4 is 20.1 Å². The van der Waals surface area contributed by atoms with Gasteiger partial charge in [-0.2, -0.15) is 0 Å². The molecule has 0 saturated heterocycles. The number of ether oxygens (including phenoxy) is 2. The minimum Gasteiger partial charge on any atom is -0.493 e. The number of nitrogens with zero attached hydrogens (tertiary/aromatic N) is 2. The number of amides is 1. The van der Waals surface area contributed by atoms with Crippen molar-refractivity contribution < 1.29 is 14.3 Å². The number of nitrogens with one attached hydrogen (secondary N) is 2. The lowest BCUT2D eigenvalue weighted by molar-refractivity contribution is -0.119. The number of rotatable bonds is 10. The molecular formula is C28H27ClN4O3. The van der Waals surface area contributed by atoms with Gasteiger partial charge in [0.15, 0.2) is 11.5 Å². The predicted octanol–water partition coefficient (Wildman–Crippen LogP) is 5.25. The first-order valence-electron chi connectivity index (χ1n) is 11.5. The van der Waals surface area contributed by atoms with Crippen molar-refractivity contribution >= 4 is 23.5 Å². The van der Waals surface area contributed by atoms with Crippen molar-refractivity contribution in [2.45, 2.75) is 6.42 Å². The maximum absolute atomic E-state index is 12.5. The third-order valence-electron chi connectivity index (χ3n) is 5.53. The second-order valence-electron chi connectivity index (χ2n) is 7.98. The number of hydrogen-bond acceptors (Lipinski definition) is 6. The van der Waals surface area contributed by atoms with Gasteiger partial charge in [0.25, 0.3) is 0 Å². The van der Waals surface area contributed by atoms with Crippen molar-refractivity contribution in [2.24, 2.45) is 0 Å². The minimum absolute atomic E-state index is 0.0459. The van der Waals surface area contributed by atoms with Crippen LogP contribution >= 0.6 is 11.6 Å². The van der Waals surface area contributed by atoms with Crippen molar-refractivity contribution in [3.63, 3.8) is 0 Å². The van der Waals surface area contributed by atoms with Crippen LogP contribution in [0.2, 0.25) is 5.02 Å². The summed E-state index contributed by atoms with van der Waals surface area (Å²) in [6, 6.07) is 24.9. The maximum Gasteiger partial charge on any atom is 0.239 e. The molecule has 1 aromatic heterocycles. The van der Waals surface area contributed by atoms with Gasteiger partial charge in [0.1, 0.15) is 0 Å². The molecule has 4 aromatic rings. The van der Waals surface area contributed by atoms with Gasteiger partial charge < -0.3 is 20.1 Å². The van der Waals surface area contributed by atoms with E-state index in [-0.39, 0.29) is 12.5 Å². The van der Waals surface area contributed by atoms with Crippen LogP contribution in [0.1, 0.15) is 5.56 Å². The fourth-order valence-corrected chi connectivity index (χ4v) is 3.78. The molecule has 0 unspecified atom stereocenters. The van der Waals surface area contributed by atoms with Crippen LogP contribution in [0.25, 0.3) is 22.5 Å². The third kappa shape index (κ3) is 6.52. The predicted molar refractivity (Wildman–Crippen MR) is 143 cm³/mol. The van der Waals surface area contributed by atoms with E-state index in [0.717, 1.165) is 28.1 Å². The quantitative estimate of drug-likeness (QED) is 0.308. The molecule has 0 aliphatic carbocycles. The molecule has 3 aromatic carbocycles. The van der Waals surface area contributed by atoms with Gasteiger partial charge in [0, 0.05) is 22.7 Å². The molecule has 0 aliphatic heterocycles. The number of hydrogen-bond donors (Lipinski definition) is 2. The molecular weight excluding hydrogens is 476 g/mol. The zero-order chi connectivity index (χ0) is 25.3. The largest absolute Gasteiger partial charge is 0.493 e. The normalized spacial score (nSPS) is 10.5. The standard InChI is InChI=1S/C28H27ClN4O3/c1-35-25-13-8-19(16-26(25)36-2)14-15-30-27(34)18-31-28-32-23(20-6-4-3-5-7-20)17-24(33-28)21-9-11-22(29)12-10-21/h3-13,16-17H,14-15,18H2,1-2H3,(H,30,34)(H,31,32,33). The summed E-state index contributed by atoms with van der Waals surface area (Å²) in [6.45, 7) is 0.529. The first kappa shape index (κ1) is 25.0. The topological polar surface area (TPSA) is 85.4 Å². The highest BCUT2D eigenvalue weighted by molar-refractivity contribution is 6.30. The lowest BCUT2D eigenvalue weighted by Gasteiger charge is -2.12.